The summed E-state index contributed by atoms with van der Waals surface area (Å²) in [6.07, 6.45) is 1.79. The van der Waals surface area contributed by atoms with Crippen LogP contribution in [0.2, 0.25) is 0 Å². The molecule has 0 atom stereocenters. The standard InChI is InChI=1S/C17H30N2O3.H2/c1-13(12-14(21-7)16(2,3)4)18-15(20)17(5,6)19-8-10-22-11-9-19;/h12H,1,8-11H2,2-7H3,(H,18,20);1H/b14-12-;. The van der Waals surface area contributed by atoms with Crippen molar-refractivity contribution in [3.05, 3.63) is 24.1 Å². The summed E-state index contributed by atoms with van der Waals surface area (Å²) in [6.45, 7) is 16.8. The molecule has 1 amide bonds. The van der Waals surface area contributed by atoms with Gasteiger partial charge in [0.1, 0.15) is 5.76 Å². The van der Waals surface area contributed by atoms with Crippen molar-refractivity contribution in [2.75, 3.05) is 33.4 Å². The first-order chi connectivity index (χ1) is 10.1. The quantitative estimate of drug-likeness (QED) is 0.626. The maximum absolute atomic E-state index is 12.6. The zero-order valence-electron chi connectivity index (χ0n) is 14.8. The van der Waals surface area contributed by atoms with Crippen LogP contribution in [0, 0.1) is 5.41 Å². The monoisotopic (exact) mass is 312 g/mol. The molecule has 0 aliphatic carbocycles. The highest BCUT2D eigenvalue weighted by Gasteiger charge is 2.35. The van der Waals surface area contributed by atoms with Gasteiger partial charge in [-0.25, -0.2) is 0 Å². The summed E-state index contributed by atoms with van der Waals surface area (Å²) in [7, 11) is 1.63. The van der Waals surface area contributed by atoms with Crippen molar-refractivity contribution in [2.45, 2.75) is 40.2 Å². The van der Waals surface area contributed by atoms with E-state index < -0.39 is 5.54 Å². The smallest absolute Gasteiger partial charge is 0.244 e. The Morgan fingerprint density at radius 1 is 1.27 bits per heavy atom. The molecule has 0 aromatic rings. The van der Waals surface area contributed by atoms with Gasteiger partial charge in [0.05, 0.1) is 25.9 Å². The van der Waals surface area contributed by atoms with E-state index in [4.69, 9.17) is 9.47 Å². The number of rotatable bonds is 5. The van der Waals surface area contributed by atoms with Gasteiger partial charge in [0.15, 0.2) is 0 Å². The van der Waals surface area contributed by atoms with E-state index in [1.807, 2.05) is 13.8 Å². The Morgan fingerprint density at radius 2 is 1.82 bits per heavy atom. The fraction of sp³-hybridized carbons (Fsp3) is 0.706. The van der Waals surface area contributed by atoms with Crippen LogP contribution in [0.25, 0.3) is 0 Å². The van der Waals surface area contributed by atoms with Gasteiger partial charge in [-0.2, -0.15) is 0 Å². The number of amides is 1. The lowest BCUT2D eigenvalue weighted by molar-refractivity contribution is -0.133. The van der Waals surface area contributed by atoms with Gasteiger partial charge < -0.3 is 14.8 Å². The Morgan fingerprint density at radius 3 is 2.27 bits per heavy atom. The highest BCUT2D eigenvalue weighted by Crippen LogP contribution is 2.26. The third-order valence-corrected chi connectivity index (χ3v) is 3.90. The number of hydrogen-bond acceptors (Lipinski definition) is 4. The average molecular weight is 312 g/mol. The van der Waals surface area contributed by atoms with Gasteiger partial charge in [-0.3, -0.25) is 9.69 Å². The predicted molar refractivity (Wildman–Crippen MR) is 90.4 cm³/mol. The first-order valence-electron chi connectivity index (χ1n) is 7.68. The Kier molecular flexibility index (Phi) is 6.20. The fourth-order valence-electron chi connectivity index (χ4n) is 2.34. The van der Waals surface area contributed by atoms with Crippen molar-refractivity contribution in [1.82, 2.24) is 10.2 Å². The second-order valence-electron chi connectivity index (χ2n) is 7.10. The predicted octanol–water partition coefficient (Wildman–Crippen LogP) is 2.55. The number of hydrogen-bond donors (Lipinski definition) is 1. The van der Waals surface area contributed by atoms with Gasteiger partial charge in [0, 0.05) is 25.6 Å². The number of nitrogens with zero attached hydrogens (tertiary/aromatic N) is 1. The number of ether oxygens (including phenoxy) is 2. The molecule has 5 heteroatoms. The highest BCUT2D eigenvalue weighted by molar-refractivity contribution is 5.87. The molecule has 1 saturated heterocycles. The number of carbonyl (C=O) groups excluding carboxylic acids is 1. The zero-order valence-corrected chi connectivity index (χ0v) is 14.8. The van der Waals surface area contributed by atoms with Gasteiger partial charge in [-0.05, 0) is 19.9 Å². The summed E-state index contributed by atoms with van der Waals surface area (Å²) < 4.78 is 10.7. The van der Waals surface area contributed by atoms with Gasteiger partial charge in [-0.1, -0.05) is 27.4 Å². The summed E-state index contributed by atoms with van der Waals surface area (Å²) in [5, 5.41) is 2.88. The fourth-order valence-corrected chi connectivity index (χ4v) is 2.34. The summed E-state index contributed by atoms with van der Waals surface area (Å²) in [4.78, 5) is 14.7. The van der Waals surface area contributed by atoms with E-state index in [2.05, 4.69) is 37.6 Å². The number of morpholine rings is 1. The molecule has 1 fully saturated rings. The van der Waals surface area contributed by atoms with E-state index in [1.165, 1.54) is 0 Å². The minimum atomic E-state index is -0.602. The number of methoxy groups -OCH3 is 1. The van der Waals surface area contributed by atoms with Crippen LogP contribution >= 0.6 is 0 Å². The lowest BCUT2D eigenvalue weighted by Crippen LogP contribution is -2.57. The van der Waals surface area contributed by atoms with Gasteiger partial charge in [0.25, 0.3) is 0 Å². The summed E-state index contributed by atoms with van der Waals surface area (Å²) in [5.74, 6) is 0.710. The second kappa shape index (κ2) is 7.29. The van der Waals surface area contributed by atoms with Crippen LogP contribution in [0.1, 0.15) is 36.0 Å². The van der Waals surface area contributed by atoms with Crippen LogP contribution in [0.5, 0.6) is 0 Å². The molecule has 5 nitrogen and oxygen atoms in total. The lowest BCUT2D eigenvalue weighted by Gasteiger charge is -2.39. The normalized spacial score (nSPS) is 18.0. The number of nitrogens with one attached hydrogen (secondary N) is 1. The molecule has 22 heavy (non-hydrogen) atoms. The van der Waals surface area contributed by atoms with Crippen LogP contribution in [-0.4, -0.2) is 49.8 Å². The van der Waals surface area contributed by atoms with E-state index >= 15 is 0 Å². The molecule has 1 aliphatic rings. The van der Waals surface area contributed by atoms with E-state index in [0.717, 1.165) is 18.8 Å². The van der Waals surface area contributed by atoms with Crippen LogP contribution in [0.3, 0.4) is 0 Å². The van der Waals surface area contributed by atoms with E-state index in [1.54, 1.807) is 13.2 Å². The average Bonchev–Trinajstić information content (AvgIpc) is 2.44. The van der Waals surface area contributed by atoms with Gasteiger partial charge in [-0.15, -0.1) is 0 Å². The van der Waals surface area contributed by atoms with Crippen LogP contribution in [0.4, 0.5) is 0 Å². The molecular weight excluding hydrogens is 280 g/mol. The van der Waals surface area contributed by atoms with Crippen molar-refractivity contribution >= 4 is 5.91 Å². The summed E-state index contributed by atoms with van der Waals surface area (Å²) in [5.41, 5.74) is -0.199. The lowest BCUT2D eigenvalue weighted by atomic mass is 9.93. The Labute approximate surface area is 135 Å². The molecule has 0 aromatic heterocycles. The molecule has 0 unspecified atom stereocenters. The maximum atomic E-state index is 12.6. The Balaban J connectivity index is 0.00000484. The number of allylic oxidation sites excluding steroid dienone is 2. The van der Waals surface area contributed by atoms with Crippen molar-refractivity contribution < 1.29 is 15.7 Å². The first kappa shape index (κ1) is 18.7. The third-order valence-electron chi connectivity index (χ3n) is 3.90. The molecule has 1 heterocycles. The minimum absolute atomic E-state index is 0. The SMILES string of the molecule is C=C(/C=C(\OC)C(C)(C)C)NC(=O)C(C)(C)N1CCOCC1.[HH]. The van der Waals surface area contributed by atoms with Crippen LogP contribution in [-0.2, 0) is 14.3 Å². The maximum Gasteiger partial charge on any atom is 0.244 e. The van der Waals surface area contributed by atoms with Crippen molar-refractivity contribution in [2.24, 2.45) is 5.41 Å². The van der Waals surface area contributed by atoms with Crippen molar-refractivity contribution in [1.29, 1.82) is 0 Å². The molecule has 0 spiro atoms. The third kappa shape index (κ3) is 4.85. The first-order valence-corrected chi connectivity index (χ1v) is 7.68. The summed E-state index contributed by atoms with van der Waals surface area (Å²) in [6, 6.07) is 0. The molecule has 1 rings (SSSR count). The minimum Gasteiger partial charge on any atom is -0.500 e. The topological polar surface area (TPSA) is 50.8 Å². The van der Waals surface area contributed by atoms with Crippen LogP contribution in [0.15, 0.2) is 24.1 Å². The second-order valence-corrected chi connectivity index (χ2v) is 7.10. The van der Waals surface area contributed by atoms with Gasteiger partial charge >= 0.3 is 0 Å². The number of carbonyl (C=O) groups is 1. The van der Waals surface area contributed by atoms with Crippen LogP contribution < -0.4 is 5.32 Å². The summed E-state index contributed by atoms with van der Waals surface area (Å²) >= 11 is 0. The van der Waals surface area contributed by atoms with E-state index in [-0.39, 0.29) is 12.7 Å². The molecule has 0 radical (unpaired) electrons. The Hall–Kier alpha value is -1.33. The largest absolute Gasteiger partial charge is 0.500 e. The van der Waals surface area contributed by atoms with Crippen molar-refractivity contribution in [3.63, 3.8) is 0 Å². The molecule has 0 saturated carbocycles. The molecule has 1 N–H and O–H groups in total. The molecule has 0 aromatic carbocycles. The molecular formula is C17H32N2O3. The Bertz CT molecular complexity index is 447. The van der Waals surface area contributed by atoms with Crippen molar-refractivity contribution in [3.8, 4) is 0 Å². The van der Waals surface area contributed by atoms with Gasteiger partial charge in [0.2, 0.25) is 5.91 Å². The zero-order chi connectivity index (χ0) is 17.0. The molecule has 128 valence electrons. The van der Waals surface area contributed by atoms with E-state index in [0.29, 0.717) is 18.9 Å². The molecule has 1 aliphatic heterocycles. The molecule has 0 bridgehead atoms. The van der Waals surface area contributed by atoms with E-state index in [9.17, 15) is 4.79 Å². The highest BCUT2D eigenvalue weighted by atomic mass is 16.5.